The Morgan fingerprint density at radius 1 is 2.50 bits per heavy atom. The molecule has 1 N–H and O–H groups in total. The molecule has 3 nitrogen and oxygen atoms in total. The average Bonchev–Trinajstić information content (AvgIpc) is 1.41. The van der Waals surface area contributed by atoms with Crippen molar-refractivity contribution in [2.45, 2.75) is 0 Å². The quantitative estimate of drug-likeness (QED) is 0.271. The van der Waals surface area contributed by atoms with E-state index in [-0.39, 0.29) is 6.47 Å². The van der Waals surface area contributed by atoms with Gasteiger partial charge in [0.2, 0.25) is 0 Å². The summed E-state index contributed by atoms with van der Waals surface area (Å²) >= 11 is 0. The molecule has 0 rings (SSSR count). The summed E-state index contributed by atoms with van der Waals surface area (Å²) in [5.41, 5.74) is 0. The molecule has 4 heavy (non-hydrogen) atoms. The van der Waals surface area contributed by atoms with Gasteiger partial charge < -0.3 is 4.89 Å². The zero-order valence-electron chi connectivity index (χ0n) is 2.80. The Morgan fingerprint density at radius 2 is 3.25 bits per heavy atom. The molecule has 0 aromatic heterocycles. The van der Waals surface area contributed by atoms with Gasteiger partial charge in [-0.3, -0.25) is 4.79 Å². The zero-order valence-corrected chi connectivity index (χ0v) is 1.80. The molecule has 0 amide bonds. The molecule has 0 saturated heterocycles. The van der Waals surface area contributed by atoms with Crippen molar-refractivity contribution < 1.29 is 14.9 Å². The Hall–Kier alpha value is -0.570. The van der Waals surface area contributed by atoms with Crippen molar-refractivity contribution in [3.05, 3.63) is 0 Å². The molecule has 0 aliphatic heterocycles. The summed E-state index contributed by atoms with van der Waals surface area (Å²) in [6.45, 7) is 0.0208. The Labute approximate surface area is 24.2 Å². The fraction of sp³-hybridized carbons (Fsp3) is 0. The molecule has 0 bridgehead atoms. The second kappa shape index (κ2) is 2.43. The standard InChI is InChI=1S/CH2O3/c2-1-4-3/h1,3H/i/hT. The monoisotopic (exact) mass is 64.0 g/mol. The third-order valence-corrected chi connectivity index (χ3v) is 0.0393. The summed E-state index contributed by atoms with van der Waals surface area (Å²) in [7, 11) is 0. The second-order valence-corrected chi connectivity index (χ2v) is 0.192. The second-order valence-electron chi connectivity index (χ2n) is 0.192. The summed E-state index contributed by atoms with van der Waals surface area (Å²) in [5.74, 6) is 0. The topological polar surface area (TPSA) is 46.5 Å². The first-order chi connectivity index (χ1) is 2.41. The van der Waals surface area contributed by atoms with E-state index in [1.165, 1.54) is 0 Å². The Bertz CT molecular complexity index is 28.1. The van der Waals surface area contributed by atoms with E-state index in [0.717, 1.165) is 0 Å². The molecule has 24 valence electrons. The maximum Gasteiger partial charge on any atom is 0.330 e. The third-order valence-electron chi connectivity index (χ3n) is 0.0393. The van der Waals surface area contributed by atoms with E-state index in [9.17, 15) is 0 Å². The first-order valence-electron chi connectivity index (χ1n) is 1.05. The van der Waals surface area contributed by atoms with Crippen LogP contribution in [-0.4, -0.2) is 11.7 Å². The van der Waals surface area contributed by atoms with Gasteiger partial charge in [-0.2, -0.15) is 0 Å². The van der Waals surface area contributed by atoms with E-state index in [2.05, 4.69) is 10.1 Å². The number of carbonyl (C=O) groups excluding carboxylic acids is 1. The van der Waals surface area contributed by atoms with Crippen molar-refractivity contribution in [1.29, 1.82) is 1.43 Å². The van der Waals surface area contributed by atoms with Crippen LogP contribution in [0.4, 0.5) is 0 Å². The SMILES string of the molecule is [3H]OOC=O. The first kappa shape index (κ1) is 1.72. The van der Waals surface area contributed by atoms with Crippen molar-refractivity contribution in [2.24, 2.45) is 0 Å². The van der Waals surface area contributed by atoms with Crippen LogP contribution in [0.25, 0.3) is 1.43 Å². The maximum absolute atomic E-state index is 8.94. The molecule has 0 spiro atoms. The lowest BCUT2D eigenvalue weighted by Crippen LogP contribution is -1.69. The van der Waals surface area contributed by atoms with Crippen molar-refractivity contribution in [3.63, 3.8) is 0 Å². The Morgan fingerprint density at radius 3 is 3.25 bits per heavy atom. The van der Waals surface area contributed by atoms with Gasteiger partial charge in [0.1, 0.15) is 0 Å². The molecule has 0 aromatic carbocycles. The van der Waals surface area contributed by atoms with E-state index in [1.807, 2.05) is 0 Å². The largest absolute Gasteiger partial charge is 0.330 e. The van der Waals surface area contributed by atoms with E-state index in [0.29, 0.717) is 0 Å². The van der Waals surface area contributed by atoms with Gasteiger partial charge in [-0.1, -0.05) is 0 Å². The fourth-order valence-electron chi connectivity index (χ4n) is 0. The minimum Gasteiger partial charge on any atom is -0.304 e. The molecule has 0 unspecified atom stereocenters. The normalized spacial score (nSPS) is 8.50. The molecule has 0 heterocycles. The highest BCUT2D eigenvalue weighted by Gasteiger charge is 1.47. The Kier molecular flexibility index (Phi) is 1.05. The van der Waals surface area contributed by atoms with E-state index < -0.39 is 0 Å². The summed E-state index contributed by atoms with van der Waals surface area (Å²) in [4.78, 5) is 12.3. The molecule has 3 heteroatoms. The molecule has 0 aliphatic carbocycles. The third kappa shape index (κ3) is 1.43. The molecular formula is CH2O3. The van der Waals surface area contributed by atoms with Gasteiger partial charge in [0.25, 0.3) is 1.43 Å². The van der Waals surface area contributed by atoms with Gasteiger partial charge in [-0.05, 0) is 0 Å². The zero-order chi connectivity index (χ0) is 4.12. The lowest BCUT2D eigenvalue weighted by atomic mass is 11.7. The summed E-state index contributed by atoms with van der Waals surface area (Å²) in [6.07, 6.45) is 0. The fourth-order valence-corrected chi connectivity index (χ4v) is 0. The van der Waals surface area contributed by atoms with Gasteiger partial charge in [0.15, 0.2) is 0 Å². The van der Waals surface area contributed by atoms with Crippen LogP contribution in [0.5, 0.6) is 0 Å². The number of rotatable bonds is 2. The van der Waals surface area contributed by atoms with Crippen LogP contribution in [0, 0.1) is 0 Å². The minimum absolute atomic E-state index is 0.0208. The first-order valence-corrected chi connectivity index (χ1v) is 0.638. The molecule has 0 aliphatic rings. The highest BCUT2D eigenvalue weighted by molar-refractivity contribution is 5.35. The van der Waals surface area contributed by atoms with Crippen LogP contribution in [0.2, 0.25) is 0 Å². The van der Waals surface area contributed by atoms with Crippen LogP contribution in [0.1, 0.15) is 0 Å². The molecule has 0 aromatic rings. The lowest BCUT2D eigenvalue weighted by molar-refractivity contribution is -0.217. The molecule has 0 fully saturated rings. The van der Waals surface area contributed by atoms with Crippen LogP contribution in [-0.2, 0) is 9.68 Å². The minimum atomic E-state index is 0.0208. The van der Waals surface area contributed by atoms with Gasteiger partial charge in [-0.15, -0.1) is 0 Å². The smallest absolute Gasteiger partial charge is 0.304 e. The van der Waals surface area contributed by atoms with Gasteiger partial charge in [-0.25, -0.2) is 5.26 Å². The van der Waals surface area contributed by atoms with Crippen molar-refractivity contribution >= 4 is 6.47 Å². The van der Waals surface area contributed by atoms with Crippen molar-refractivity contribution in [1.82, 2.24) is 0 Å². The van der Waals surface area contributed by atoms with Crippen LogP contribution >= 0.6 is 0 Å². The van der Waals surface area contributed by atoms with E-state index >= 15 is 0 Å². The van der Waals surface area contributed by atoms with Gasteiger partial charge in [0.05, 0.1) is 0 Å². The van der Waals surface area contributed by atoms with E-state index in [4.69, 9.17) is 6.23 Å². The number of hydrogen-bond donors (Lipinski definition) is 1. The lowest BCUT2D eigenvalue weighted by Gasteiger charge is -1.63. The maximum atomic E-state index is 8.94. The molecule has 0 radical (unpaired) electrons. The molecule has 0 saturated carbocycles. The summed E-state index contributed by atoms with van der Waals surface area (Å²) in [5, 5.41) is 3.07. The number of carbonyl (C=O) groups is 1. The molecule has 0 atom stereocenters. The Balaban J connectivity index is 2.40. The molecular weight excluding hydrogens is 60.0 g/mol. The van der Waals surface area contributed by atoms with Crippen LogP contribution in [0.3, 0.4) is 0 Å². The summed E-state index contributed by atoms with van der Waals surface area (Å²) < 4.78 is 5.65. The van der Waals surface area contributed by atoms with E-state index in [1.54, 1.807) is 0 Å². The van der Waals surface area contributed by atoms with Crippen LogP contribution in [0.15, 0.2) is 0 Å². The highest BCUT2D eigenvalue weighted by atomic mass is 17.1. The highest BCUT2D eigenvalue weighted by Crippen LogP contribution is 1.33. The summed E-state index contributed by atoms with van der Waals surface area (Å²) in [6, 6.07) is 0. The van der Waals surface area contributed by atoms with Crippen molar-refractivity contribution in [2.75, 3.05) is 0 Å². The number of hydrogen-bond acceptors (Lipinski definition) is 3. The van der Waals surface area contributed by atoms with Crippen LogP contribution < -0.4 is 0 Å². The average molecular weight is 64.0 g/mol. The van der Waals surface area contributed by atoms with Gasteiger partial charge >= 0.3 is 6.47 Å². The van der Waals surface area contributed by atoms with Gasteiger partial charge in [0, 0.05) is 0 Å². The van der Waals surface area contributed by atoms with Crippen molar-refractivity contribution in [3.8, 4) is 0 Å². The predicted octanol–water partition coefficient (Wildman–Crippen LogP) is -0.368. The predicted molar refractivity (Wildman–Crippen MR) is 9.78 cm³/mol.